The van der Waals surface area contributed by atoms with Crippen molar-refractivity contribution in [1.29, 1.82) is 0 Å². The molecule has 4 atom stereocenters. The number of aromatic nitrogens is 2. The zero-order valence-corrected chi connectivity index (χ0v) is 17.1. The minimum absolute atomic E-state index is 0.204. The Morgan fingerprint density at radius 1 is 0.969 bits per heavy atom. The number of hydrogen-bond acceptors (Lipinski definition) is 10. The molecule has 0 aliphatic carbocycles. The van der Waals surface area contributed by atoms with Crippen molar-refractivity contribution in [1.82, 2.24) is 9.97 Å². The molecule has 172 valence electrons. The van der Waals surface area contributed by atoms with E-state index in [1.807, 2.05) is 0 Å². The quantitative estimate of drug-likeness (QED) is 0.255. The number of benzene rings is 2. The number of nitrogens with one attached hydrogen (secondary N) is 1. The predicted octanol–water partition coefficient (Wildman–Crippen LogP) is 0.336. The van der Waals surface area contributed by atoms with Gasteiger partial charge in [-0.2, -0.15) is 0 Å². The third kappa shape index (κ3) is 5.39. The molecule has 32 heavy (non-hydrogen) atoms. The summed E-state index contributed by atoms with van der Waals surface area (Å²) < 4.78 is 24.0. The maximum Gasteiger partial charge on any atom is 0.163 e. The van der Waals surface area contributed by atoms with Gasteiger partial charge in [-0.05, 0) is 30.3 Å². The van der Waals surface area contributed by atoms with Crippen molar-refractivity contribution in [2.24, 2.45) is 0 Å². The molecule has 0 bridgehead atoms. The Morgan fingerprint density at radius 2 is 1.66 bits per heavy atom. The van der Waals surface area contributed by atoms with Gasteiger partial charge in [-0.1, -0.05) is 0 Å². The highest BCUT2D eigenvalue weighted by Crippen LogP contribution is 2.35. The van der Waals surface area contributed by atoms with Gasteiger partial charge in [0.25, 0.3) is 0 Å². The molecular formula is C21H24FN3O7. The van der Waals surface area contributed by atoms with Crippen LogP contribution >= 0.6 is 0 Å². The number of fused-ring (bicyclic) bond motifs is 1. The Morgan fingerprint density at radius 3 is 2.31 bits per heavy atom. The third-order valence-electron chi connectivity index (χ3n) is 4.76. The SMILES string of the molecule is COc1cc2c(Nc3ccc(F)cc3)ncnc2cc1OC[C@@H](O)[C@H](O)[C@@H](O)[C@H](O)CO. The van der Waals surface area contributed by atoms with Gasteiger partial charge in [0.2, 0.25) is 0 Å². The Balaban J connectivity index is 1.80. The molecule has 6 N–H and O–H groups in total. The highest BCUT2D eigenvalue weighted by atomic mass is 19.1. The molecule has 0 spiro atoms. The van der Waals surface area contributed by atoms with Crippen LogP contribution in [0.5, 0.6) is 11.5 Å². The molecular weight excluding hydrogens is 425 g/mol. The first-order chi connectivity index (χ1) is 15.3. The standard InChI is InChI=1S/C21H24FN3O7/c1-31-17-6-13-14(23-10-24-21(13)25-12-4-2-11(22)3-5-12)7-18(17)32-9-16(28)20(30)19(29)15(27)8-26/h2-7,10,15-16,19-20,26-30H,8-9H2,1H3,(H,23,24,25)/t15-,16-,19+,20+/m1/s1. The summed E-state index contributed by atoms with van der Waals surface area (Å²) in [5.41, 5.74) is 1.10. The second-order valence-electron chi connectivity index (χ2n) is 6.98. The first-order valence-electron chi connectivity index (χ1n) is 9.65. The summed E-state index contributed by atoms with van der Waals surface area (Å²) in [4.78, 5) is 8.41. The Labute approximate surface area is 182 Å². The van der Waals surface area contributed by atoms with Gasteiger partial charge in [0.15, 0.2) is 11.5 Å². The number of aliphatic hydroxyl groups is 5. The minimum atomic E-state index is -1.76. The van der Waals surface area contributed by atoms with Crippen LogP contribution in [0.25, 0.3) is 10.9 Å². The predicted molar refractivity (Wildman–Crippen MR) is 112 cm³/mol. The van der Waals surface area contributed by atoms with Crippen molar-refractivity contribution in [3.63, 3.8) is 0 Å². The number of halogens is 1. The molecule has 0 aliphatic heterocycles. The van der Waals surface area contributed by atoms with Crippen LogP contribution in [0, 0.1) is 5.82 Å². The van der Waals surface area contributed by atoms with Gasteiger partial charge in [-0.25, -0.2) is 14.4 Å². The van der Waals surface area contributed by atoms with E-state index in [0.29, 0.717) is 22.4 Å². The van der Waals surface area contributed by atoms with Crippen molar-refractivity contribution in [3.8, 4) is 11.5 Å². The highest BCUT2D eigenvalue weighted by molar-refractivity contribution is 5.93. The molecule has 0 radical (unpaired) electrons. The molecule has 0 fully saturated rings. The minimum Gasteiger partial charge on any atom is -0.493 e. The fourth-order valence-corrected chi connectivity index (χ4v) is 2.94. The average Bonchev–Trinajstić information content (AvgIpc) is 2.81. The topological polar surface area (TPSA) is 157 Å². The first-order valence-corrected chi connectivity index (χ1v) is 9.65. The van der Waals surface area contributed by atoms with E-state index in [2.05, 4.69) is 15.3 Å². The lowest BCUT2D eigenvalue weighted by molar-refractivity contribution is -0.121. The number of aliphatic hydroxyl groups excluding tert-OH is 5. The summed E-state index contributed by atoms with van der Waals surface area (Å²) in [5, 5.41) is 51.6. The van der Waals surface area contributed by atoms with Crippen LogP contribution in [0.2, 0.25) is 0 Å². The van der Waals surface area contributed by atoms with E-state index in [1.165, 1.54) is 25.6 Å². The highest BCUT2D eigenvalue weighted by Gasteiger charge is 2.30. The summed E-state index contributed by atoms with van der Waals surface area (Å²) >= 11 is 0. The second-order valence-corrected chi connectivity index (χ2v) is 6.98. The van der Waals surface area contributed by atoms with Crippen molar-refractivity contribution >= 4 is 22.4 Å². The third-order valence-corrected chi connectivity index (χ3v) is 4.76. The normalized spacial score (nSPS) is 15.1. The Hall–Kier alpha value is -3.09. The number of nitrogens with zero attached hydrogens (tertiary/aromatic N) is 2. The van der Waals surface area contributed by atoms with Crippen molar-refractivity contribution < 1.29 is 39.4 Å². The average molecular weight is 449 g/mol. The number of methoxy groups -OCH3 is 1. The molecule has 1 aromatic heterocycles. The molecule has 3 aromatic rings. The molecule has 1 heterocycles. The van der Waals surface area contributed by atoms with Crippen LogP contribution in [-0.2, 0) is 0 Å². The summed E-state index contributed by atoms with van der Waals surface area (Å²) in [7, 11) is 1.41. The van der Waals surface area contributed by atoms with Crippen LogP contribution in [-0.4, -0.2) is 80.2 Å². The summed E-state index contributed by atoms with van der Waals surface area (Å²) in [5.74, 6) is 0.572. The smallest absolute Gasteiger partial charge is 0.163 e. The fraction of sp³-hybridized carbons (Fsp3) is 0.333. The van der Waals surface area contributed by atoms with Crippen molar-refractivity contribution in [2.75, 3.05) is 25.6 Å². The van der Waals surface area contributed by atoms with Gasteiger partial charge in [-0.15, -0.1) is 0 Å². The molecule has 10 nitrogen and oxygen atoms in total. The number of anilines is 2. The van der Waals surface area contributed by atoms with E-state index in [0.717, 1.165) is 0 Å². The van der Waals surface area contributed by atoms with Crippen molar-refractivity contribution in [3.05, 3.63) is 48.5 Å². The monoisotopic (exact) mass is 449 g/mol. The van der Waals surface area contributed by atoms with Crippen LogP contribution in [0.3, 0.4) is 0 Å². The van der Waals surface area contributed by atoms with Crippen LogP contribution < -0.4 is 14.8 Å². The molecule has 0 amide bonds. The van der Waals surface area contributed by atoms with Gasteiger partial charge < -0.3 is 40.3 Å². The molecule has 0 unspecified atom stereocenters. The largest absolute Gasteiger partial charge is 0.493 e. The Kier molecular flexibility index (Phi) is 7.72. The summed E-state index contributed by atoms with van der Waals surface area (Å²) in [6.45, 7) is -1.22. The van der Waals surface area contributed by atoms with E-state index < -0.39 is 37.6 Å². The molecule has 0 aliphatic rings. The number of rotatable bonds is 10. The summed E-state index contributed by atoms with van der Waals surface area (Å²) in [6.07, 6.45) is -5.36. The fourth-order valence-electron chi connectivity index (χ4n) is 2.94. The maximum absolute atomic E-state index is 13.1. The van der Waals surface area contributed by atoms with Gasteiger partial charge in [-0.3, -0.25) is 0 Å². The molecule has 11 heteroatoms. The van der Waals surface area contributed by atoms with E-state index in [-0.39, 0.29) is 17.3 Å². The van der Waals surface area contributed by atoms with Gasteiger partial charge in [0.1, 0.15) is 49.0 Å². The molecule has 0 saturated heterocycles. The lowest BCUT2D eigenvalue weighted by Crippen LogP contribution is -2.47. The van der Waals surface area contributed by atoms with Gasteiger partial charge >= 0.3 is 0 Å². The van der Waals surface area contributed by atoms with E-state index in [1.54, 1.807) is 24.3 Å². The van der Waals surface area contributed by atoms with E-state index >= 15 is 0 Å². The zero-order valence-electron chi connectivity index (χ0n) is 17.1. The van der Waals surface area contributed by atoms with Gasteiger partial charge in [0.05, 0.1) is 19.2 Å². The van der Waals surface area contributed by atoms with Crippen LogP contribution in [0.1, 0.15) is 0 Å². The zero-order chi connectivity index (χ0) is 23.3. The Bertz CT molecular complexity index is 1040. The number of hydrogen-bond donors (Lipinski definition) is 6. The van der Waals surface area contributed by atoms with E-state index in [9.17, 15) is 24.8 Å². The second kappa shape index (κ2) is 10.5. The molecule has 3 rings (SSSR count). The molecule has 0 saturated carbocycles. The number of ether oxygens (including phenoxy) is 2. The molecule has 2 aromatic carbocycles. The first kappa shape index (κ1) is 23.6. The van der Waals surface area contributed by atoms with Crippen molar-refractivity contribution in [2.45, 2.75) is 24.4 Å². The van der Waals surface area contributed by atoms with E-state index in [4.69, 9.17) is 14.6 Å². The van der Waals surface area contributed by atoms with Crippen LogP contribution in [0.15, 0.2) is 42.7 Å². The van der Waals surface area contributed by atoms with Crippen LogP contribution in [0.4, 0.5) is 15.9 Å². The van der Waals surface area contributed by atoms with Gasteiger partial charge in [0, 0.05) is 17.1 Å². The lowest BCUT2D eigenvalue weighted by atomic mass is 10.0. The lowest BCUT2D eigenvalue weighted by Gasteiger charge is -2.25. The summed E-state index contributed by atoms with van der Waals surface area (Å²) in [6, 6.07) is 8.91. The maximum atomic E-state index is 13.1.